The summed E-state index contributed by atoms with van der Waals surface area (Å²) in [6.07, 6.45) is 19.2. The largest absolute Gasteiger partial charge is 0.0958 e. The molecule has 0 N–H and O–H groups in total. The molecule has 1 atom stereocenters. The van der Waals surface area contributed by atoms with E-state index in [4.69, 9.17) is 0 Å². The molecule has 0 saturated heterocycles. The number of benzene rings is 1. The van der Waals surface area contributed by atoms with Gasteiger partial charge in [0.05, 0.1) is 0 Å². The first-order chi connectivity index (χ1) is 15.5. The lowest BCUT2D eigenvalue weighted by Gasteiger charge is -2.27. The van der Waals surface area contributed by atoms with Crippen molar-refractivity contribution in [2.24, 2.45) is 5.92 Å². The SMILES string of the molecule is C=C(/C=C\c1ccc(C)cc1C1CCC1)CCCC.CC.CC.CCCC[C@H](C)CCC. The minimum absolute atomic E-state index is 0.795. The zero-order valence-corrected chi connectivity index (χ0v) is 23.5. The molecule has 0 amide bonds. The number of hydrogen-bond donors (Lipinski definition) is 0. The summed E-state index contributed by atoms with van der Waals surface area (Å²) in [5.74, 6) is 1.76. The summed E-state index contributed by atoms with van der Waals surface area (Å²) < 4.78 is 0. The second-order valence-corrected chi connectivity index (χ2v) is 8.89. The summed E-state index contributed by atoms with van der Waals surface area (Å²) in [5, 5.41) is 0. The fraction of sp³-hybridized carbons (Fsp3) is 0.688. The van der Waals surface area contributed by atoms with Gasteiger partial charge in [-0.1, -0.05) is 148 Å². The molecule has 0 spiro atoms. The quantitative estimate of drug-likeness (QED) is 0.299. The molecule has 1 aromatic carbocycles. The molecule has 0 heterocycles. The first-order valence-corrected chi connectivity index (χ1v) is 14.0. The summed E-state index contributed by atoms with van der Waals surface area (Å²) in [6.45, 7) is 23.5. The second kappa shape index (κ2) is 22.9. The summed E-state index contributed by atoms with van der Waals surface area (Å²) in [6, 6.07) is 6.86. The molecule has 1 aliphatic rings. The van der Waals surface area contributed by atoms with Crippen LogP contribution in [0, 0.1) is 12.8 Å². The molecule has 0 heteroatoms. The Morgan fingerprint density at radius 2 is 1.59 bits per heavy atom. The predicted molar refractivity (Wildman–Crippen MR) is 152 cm³/mol. The van der Waals surface area contributed by atoms with Gasteiger partial charge in [0, 0.05) is 0 Å². The van der Waals surface area contributed by atoms with Crippen molar-refractivity contribution in [3.05, 3.63) is 53.1 Å². The van der Waals surface area contributed by atoms with E-state index in [1.54, 1.807) is 5.56 Å². The molecule has 0 radical (unpaired) electrons. The summed E-state index contributed by atoms with van der Waals surface area (Å²) in [4.78, 5) is 0. The van der Waals surface area contributed by atoms with Gasteiger partial charge in [-0.05, 0) is 55.6 Å². The average Bonchev–Trinajstić information content (AvgIpc) is 2.78. The number of allylic oxidation sites excluding steroid dienone is 2. The van der Waals surface area contributed by atoms with E-state index in [-0.39, 0.29) is 0 Å². The maximum absolute atomic E-state index is 4.15. The van der Waals surface area contributed by atoms with Gasteiger partial charge in [-0.2, -0.15) is 0 Å². The lowest BCUT2D eigenvalue weighted by molar-refractivity contribution is 0.419. The lowest BCUT2D eigenvalue weighted by Crippen LogP contribution is -2.10. The van der Waals surface area contributed by atoms with E-state index in [2.05, 4.69) is 71.5 Å². The molecule has 2 rings (SSSR count). The summed E-state index contributed by atoms with van der Waals surface area (Å²) >= 11 is 0. The van der Waals surface area contributed by atoms with E-state index < -0.39 is 0 Å². The number of unbranched alkanes of at least 4 members (excludes halogenated alkanes) is 2. The van der Waals surface area contributed by atoms with Crippen molar-refractivity contribution in [3.63, 3.8) is 0 Å². The summed E-state index contributed by atoms with van der Waals surface area (Å²) in [7, 11) is 0. The van der Waals surface area contributed by atoms with Gasteiger partial charge < -0.3 is 0 Å². The second-order valence-electron chi connectivity index (χ2n) is 8.89. The van der Waals surface area contributed by atoms with E-state index in [1.807, 2.05) is 27.7 Å². The van der Waals surface area contributed by atoms with Crippen LogP contribution in [0.5, 0.6) is 0 Å². The first kappa shape index (κ1) is 32.9. The summed E-state index contributed by atoms with van der Waals surface area (Å²) in [5.41, 5.74) is 5.57. The van der Waals surface area contributed by atoms with E-state index in [0.717, 1.165) is 18.3 Å². The van der Waals surface area contributed by atoms with Crippen LogP contribution >= 0.6 is 0 Å². The molecular weight excluding hydrogens is 384 g/mol. The van der Waals surface area contributed by atoms with Gasteiger partial charge >= 0.3 is 0 Å². The van der Waals surface area contributed by atoms with Gasteiger partial charge in [-0.15, -0.1) is 0 Å². The van der Waals surface area contributed by atoms with Crippen LogP contribution in [0.4, 0.5) is 0 Å². The van der Waals surface area contributed by atoms with Crippen LogP contribution in [0.3, 0.4) is 0 Å². The van der Waals surface area contributed by atoms with Crippen molar-refractivity contribution in [3.8, 4) is 0 Å². The average molecular weight is 443 g/mol. The highest BCUT2D eigenvalue weighted by atomic mass is 14.3. The minimum atomic E-state index is 0.795. The number of hydrogen-bond acceptors (Lipinski definition) is 0. The van der Waals surface area contributed by atoms with Crippen molar-refractivity contribution in [1.82, 2.24) is 0 Å². The Bertz CT molecular complexity index is 574. The van der Waals surface area contributed by atoms with Crippen LogP contribution in [0.15, 0.2) is 36.4 Å². The predicted octanol–water partition coefficient (Wildman–Crippen LogP) is 11.7. The molecule has 0 nitrogen and oxygen atoms in total. The van der Waals surface area contributed by atoms with Gasteiger partial charge in [0.25, 0.3) is 0 Å². The van der Waals surface area contributed by atoms with Crippen molar-refractivity contribution in [2.75, 3.05) is 0 Å². The monoisotopic (exact) mass is 442 g/mol. The lowest BCUT2D eigenvalue weighted by atomic mass is 9.77. The van der Waals surface area contributed by atoms with Gasteiger partial charge in [0.1, 0.15) is 0 Å². The maximum Gasteiger partial charge on any atom is -0.0156 e. The van der Waals surface area contributed by atoms with E-state index in [1.165, 1.54) is 80.9 Å². The molecule has 186 valence electrons. The first-order valence-electron chi connectivity index (χ1n) is 14.0. The fourth-order valence-corrected chi connectivity index (χ4v) is 3.80. The Labute approximate surface area is 204 Å². The van der Waals surface area contributed by atoms with Crippen LogP contribution in [0.1, 0.15) is 149 Å². The molecule has 0 aromatic heterocycles. The minimum Gasteiger partial charge on any atom is -0.0958 e. The third kappa shape index (κ3) is 15.5. The molecule has 32 heavy (non-hydrogen) atoms. The van der Waals surface area contributed by atoms with Crippen molar-refractivity contribution < 1.29 is 0 Å². The Kier molecular flexibility index (Phi) is 23.5. The molecule has 1 fully saturated rings. The van der Waals surface area contributed by atoms with Crippen LogP contribution in [0.25, 0.3) is 6.08 Å². The van der Waals surface area contributed by atoms with Crippen molar-refractivity contribution >= 4 is 6.08 Å². The van der Waals surface area contributed by atoms with Gasteiger partial charge in [-0.25, -0.2) is 0 Å². The van der Waals surface area contributed by atoms with Crippen molar-refractivity contribution in [1.29, 1.82) is 0 Å². The van der Waals surface area contributed by atoms with Gasteiger partial charge in [-0.3, -0.25) is 0 Å². The van der Waals surface area contributed by atoms with Crippen LogP contribution in [-0.2, 0) is 0 Å². The highest BCUT2D eigenvalue weighted by Gasteiger charge is 2.21. The van der Waals surface area contributed by atoms with Crippen LogP contribution < -0.4 is 0 Å². The topological polar surface area (TPSA) is 0 Å². The van der Waals surface area contributed by atoms with Gasteiger partial charge in [0.2, 0.25) is 0 Å². The highest BCUT2D eigenvalue weighted by Crippen LogP contribution is 2.38. The van der Waals surface area contributed by atoms with Crippen molar-refractivity contribution in [2.45, 2.75) is 139 Å². The number of aryl methyl sites for hydroxylation is 1. The molecule has 1 aromatic rings. The van der Waals surface area contributed by atoms with E-state index in [0.29, 0.717) is 0 Å². The molecule has 0 unspecified atom stereocenters. The molecular formula is C32H58. The Morgan fingerprint density at radius 1 is 0.969 bits per heavy atom. The van der Waals surface area contributed by atoms with Crippen LogP contribution in [0.2, 0.25) is 0 Å². The maximum atomic E-state index is 4.15. The normalized spacial score (nSPS) is 13.5. The fourth-order valence-electron chi connectivity index (χ4n) is 3.80. The highest BCUT2D eigenvalue weighted by molar-refractivity contribution is 5.58. The zero-order chi connectivity index (χ0) is 24.8. The molecule has 1 aliphatic carbocycles. The third-order valence-corrected chi connectivity index (χ3v) is 5.97. The smallest absolute Gasteiger partial charge is 0.0156 e. The Morgan fingerprint density at radius 3 is 2.09 bits per heavy atom. The molecule has 0 aliphatic heterocycles. The van der Waals surface area contributed by atoms with E-state index in [9.17, 15) is 0 Å². The van der Waals surface area contributed by atoms with E-state index >= 15 is 0 Å². The van der Waals surface area contributed by atoms with Crippen LogP contribution in [-0.4, -0.2) is 0 Å². The van der Waals surface area contributed by atoms with Gasteiger partial charge in [0.15, 0.2) is 0 Å². The third-order valence-electron chi connectivity index (χ3n) is 5.97. The molecule has 1 saturated carbocycles. The Balaban J connectivity index is 0. The number of rotatable bonds is 11. The molecule has 0 bridgehead atoms. The Hall–Kier alpha value is -1.30. The zero-order valence-electron chi connectivity index (χ0n) is 23.5. The standard InChI is InChI=1S/C19H26.C9H20.2C2H6/c1-4-5-7-15(2)10-12-18-13-11-16(3)14-19(18)17-8-6-9-17;1-4-6-8-9(3)7-5-2;2*1-2/h10-14,17H,2,4-9H2,1,3H3;9H,4-8H2,1-3H3;2*1-2H3/b12-10-;;;/t;9-;;/m.1../s1.